The molecule has 2 N–H and O–H groups in total. The van der Waals surface area contributed by atoms with E-state index in [0.29, 0.717) is 18.1 Å². The Morgan fingerprint density at radius 2 is 1.70 bits per heavy atom. The van der Waals surface area contributed by atoms with Crippen molar-refractivity contribution in [2.45, 2.75) is 44.9 Å². The van der Waals surface area contributed by atoms with E-state index in [2.05, 4.69) is 31.4 Å². The lowest BCUT2D eigenvalue weighted by Gasteiger charge is -2.24. The Kier molecular flexibility index (Phi) is 9.26. The third kappa shape index (κ3) is 7.76. The van der Waals surface area contributed by atoms with Crippen molar-refractivity contribution in [1.82, 2.24) is 14.7 Å². The van der Waals surface area contributed by atoms with Crippen LogP contribution in [0.25, 0.3) is 5.69 Å². The number of nitrogens with one attached hydrogen (secondary N) is 2. The van der Waals surface area contributed by atoms with Crippen LogP contribution in [-0.4, -0.2) is 53.1 Å². The van der Waals surface area contributed by atoms with Crippen molar-refractivity contribution >= 4 is 35.2 Å². The highest BCUT2D eigenvalue weighted by atomic mass is 32.2. The molecule has 8 nitrogen and oxygen atoms in total. The van der Waals surface area contributed by atoms with Crippen molar-refractivity contribution in [2.75, 3.05) is 37.1 Å². The topological polar surface area (TPSA) is 88.5 Å². The third-order valence-electron chi connectivity index (χ3n) is 5.61. The molecule has 0 aliphatic carbocycles. The summed E-state index contributed by atoms with van der Waals surface area (Å²) < 4.78 is 6.97. The quantitative estimate of drug-likeness (QED) is 0.334. The molecule has 0 fully saturated rings. The largest absolute Gasteiger partial charge is 0.497 e. The highest BCUT2D eigenvalue weighted by Crippen LogP contribution is 2.27. The number of amides is 3. The molecule has 0 saturated carbocycles. The number of methoxy groups -OCH3 is 1. The molecule has 3 rings (SSSR count). The van der Waals surface area contributed by atoms with Crippen molar-refractivity contribution < 1.29 is 14.3 Å². The lowest BCUT2D eigenvalue weighted by molar-refractivity contribution is -0.116. The van der Waals surface area contributed by atoms with Gasteiger partial charge < -0.3 is 20.3 Å². The number of ether oxygens (including phenoxy) is 1. The molecule has 0 aliphatic heterocycles. The van der Waals surface area contributed by atoms with Gasteiger partial charge in [0.15, 0.2) is 0 Å². The van der Waals surface area contributed by atoms with Gasteiger partial charge in [-0.05, 0) is 60.7 Å². The fourth-order valence-corrected chi connectivity index (χ4v) is 4.06. The number of carbonyl (C=O) groups is 2. The van der Waals surface area contributed by atoms with Gasteiger partial charge in [-0.1, -0.05) is 34.6 Å². The predicted molar refractivity (Wildman–Crippen MR) is 151 cm³/mol. The summed E-state index contributed by atoms with van der Waals surface area (Å²) >= 11 is 1.64. The molecule has 1 aromatic heterocycles. The number of benzene rings is 2. The van der Waals surface area contributed by atoms with Crippen LogP contribution in [0.3, 0.4) is 0 Å². The van der Waals surface area contributed by atoms with Crippen LogP contribution in [0.4, 0.5) is 16.3 Å². The van der Waals surface area contributed by atoms with Crippen LogP contribution in [0.5, 0.6) is 5.75 Å². The van der Waals surface area contributed by atoms with Gasteiger partial charge in [-0.3, -0.25) is 4.79 Å². The molecule has 9 heteroatoms. The zero-order valence-corrected chi connectivity index (χ0v) is 23.5. The molecular weight excluding hydrogens is 486 g/mol. The van der Waals surface area contributed by atoms with Crippen LogP contribution < -0.4 is 15.4 Å². The third-order valence-corrected chi connectivity index (χ3v) is 6.35. The molecule has 0 saturated heterocycles. The first kappa shape index (κ1) is 28.1. The van der Waals surface area contributed by atoms with Gasteiger partial charge >= 0.3 is 6.03 Å². The second-order valence-corrected chi connectivity index (χ2v) is 11.1. The SMILES string of the molecule is COc1ccc(-n2nc(C(C)(C)C)cc2NC(=O)CN(CC(C)C)C(=O)Nc2ccc(SC)cc2)cc1. The minimum absolute atomic E-state index is 0.0917. The first-order valence-corrected chi connectivity index (χ1v) is 13.5. The van der Waals surface area contributed by atoms with Gasteiger partial charge in [0.1, 0.15) is 18.1 Å². The zero-order chi connectivity index (χ0) is 27.2. The first-order valence-electron chi connectivity index (χ1n) is 12.2. The van der Waals surface area contributed by atoms with Gasteiger partial charge in [-0.2, -0.15) is 5.10 Å². The van der Waals surface area contributed by atoms with Gasteiger partial charge in [-0.15, -0.1) is 11.8 Å². The average molecular weight is 524 g/mol. The van der Waals surface area contributed by atoms with Crippen LogP contribution >= 0.6 is 11.8 Å². The maximum absolute atomic E-state index is 13.2. The molecule has 0 radical (unpaired) electrons. The van der Waals surface area contributed by atoms with Crippen LogP contribution in [0, 0.1) is 5.92 Å². The molecule has 37 heavy (non-hydrogen) atoms. The summed E-state index contributed by atoms with van der Waals surface area (Å²) in [6.45, 7) is 10.6. The summed E-state index contributed by atoms with van der Waals surface area (Å²) in [7, 11) is 1.62. The van der Waals surface area contributed by atoms with Crippen molar-refractivity contribution in [3.05, 3.63) is 60.3 Å². The van der Waals surface area contributed by atoms with Crippen molar-refractivity contribution in [3.63, 3.8) is 0 Å². The molecule has 2 aromatic carbocycles. The normalized spacial score (nSPS) is 11.4. The van der Waals surface area contributed by atoms with Crippen LogP contribution in [0.1, 0.15) is 40.3 Å². The van der Waals surface area contributed by atoms with Crippen molar-refractivity contribution in [1.29, 1.82) is 0 Å². The fraction of sp³-hybridized carbons (Fsp3) is 0.393. The first-order chi connectivity index (χ1) is 17.5. The number of thioether (sulfide) groups is 1. The van der Waals surface area contributed by atoms with Gasteiger partial charge in [0.05, 0.1) is 18.5 Å². The number of aromatic nitrogens is 2. The van der Waals surface area contributed by atoms with E-state index >= 15 is 0 Å². The van der Waals surface area contributed by atoms with E-state index in [1.807, 2.05) is 74.7 Å². The van der Waals surface area contributed by atoms with E-state index in [0.717, 1.165) is 22.0 Å². The monoisotopic (exact) mass is 523 g/mol. The van der Waals surface area contributed by atoms with Gasteiger partial charge in [-0.25, -0.2) is 9.48 Å². The Bertz CT molecular complexity index is 1200. The molecule has 3 amide bonds. The summed E-state index contributed by atoms with van der Waals surface area (Å²) in [5.74, 6) is 1.16. The Labute approximate surface area is 223 Å². The van der Waals surface area contributed by atoms with E-state index in [9.17, 15) is 9.59 Å². The van der Waals surface area contributed by atoms with Gasteiger partial charge in [0, 0.05) is 28.6 Å². The van der Waals surface area contributed by atoms with Crippen molar-refractivity contribution in [2.24, 2.45) is 5.92 Å². The summed E-state index contributed by atoms with van der Waals surface area (Å²) in [5.41, 5.74) is 2.09. The Morgan fingerprint density at radius 3 is 2.24 bits per heavy atom. The molecular formula is C28H37N5O3S. The standard InChI is InChI=1S/C28H37N5O3S/c1-19(2)17-32(27(35)29-20-8-14-23(37-7)15-9-20)18-26(34)30-25-16-24(28(3,4)5)31-33(25)21-10-12-22(36-6)13-11-21/h8-16,19H,17-18H2,1-7H3,(H,29,35)(H,30,34). The lowest BCUT2D eigenvalue weighted by atomic mass is 9.92. The Hall–Kier alpha value is -3.46. The minimum Gasteiger partial charge on any atom is -0.497 e. The summed E-state index contributed by atoms with van der Waals surface area (Å²) in [4.78, 5) is 28.9. The average Bonchev–Trinajstić information content (AvgIpc) is 3.28. The zero-order valence-electron chi connectivity index (χ0n) is 22.7. The predicted octanol–water partition coefficient (Wildman–Crippen LogP) is 6.03. The molecule has 0 aliphatic rings. The summed E-state index contributed by atoms with van der Waals surface area (Å²) in [6.07, 6.45) is 2.00. The van der Waals surface area contributed by atoms with E-state index in [-0.39, 0.29) is 29.8 Å². The van der Waals surface area contributed by atoms with Crippen LogP contribution in [0.2, 0.25) is 0 Å². The summed E-state index contributed by atoms with van der Waals surface area (Å²) in [5, 5.41) is 10.6. The molecule has 3 aromatic rings. The van der Waals surface area contributed by atoms with E-state index in [1.165, 1.54) is 4.90 Å². The molecule has 0 unspecified atom stereocenters. The van der Waals surface area contributed by atoms with Crippen molar-refractivity contribution in [3.8, 4) is 11.4 Å². The van der Waals surface area contributed by atoms with E-state index in [4.69, 9.17) is 9.84 Å². The van der Waals surface area contributed by atoms with Gasteiger partial charge in [0.25, 0.3) is 0 Å². The smallest absolute Gasteiger partial charge is 0.322 e. The number of hydrogen-bond acceptors (Lipinski definition) is 5. The maximum atomic E-state index is 13.2. The number of rotatable bonds is 9. The number of nitrogens with zero attached hydrogens (tertiary/aromatic N) is 3. The maximum Gasteiger partial charge on any atom is 0.322 e. The number of urea groups is 1. The Morgan fingerprint density at radius 1 is 1.05 bits per heavy atom. The Balaban J connectivity index is 1.80. The van der Waals surface area contributed by atoms with E-state index < -0.39 is 0 Å². The number of anilines is 2. The minimum atomic E-state index is -0.320. The van der Waals surface area contributed by atoms with E-state index in [1.54, 1.807) is 23.6 Å². The molecule has 1 heterocycles. The molecule has 198 valence electrons. The molecule has 0 bridgehead atoms. The van der Waals surface area contributed by atoms with Crippen LogP contribution in [0.15, 0.2) is 59.5 Å². The van der Waals surface area contributed by atoms with Gasteiger partial charge in [0.2, 0.25) is 5.91 Å². The fourth-order valence-electron chi connectivity index (χ4n) is 3.65. The number of hydrogen-bond donors (Lipinski definition) is 2. The highest BCUT2D eigenvalue weighted by Gasteiger charge is 2.23. The summed E-state index contributed by atoms with van der Waals surface area (Å²) in [6, 6.07) is 16.6. The lowest BCUT2D eigenvalue weighted by Crippen LogP contribution is -2.42. The number of carbonyl (C=O) groups excluding carboxylic acids is 2. The second-order valence-electron chi connectivity index (χ2n) is 10.3. The van der Waals surface area contributed by atoms with Crippen LogP contribution in [-0.2, 0) is 10.2 Å². The molecule has 0 spiro atoms. The highest BCUT2D eigenvalue weighted by molar-refractivity contribution is 7.98. The molecule has 0 atom stereocenters. The second kappa shape index (κ2) is 12.2.